The Labute approximate surface area is 170 Å². The predicted octanol–water partition coefficient (Wildman–Crippen LogP) is 3.53. The van der Waals surface area contributed by atoms with Crippen LogP contribution in [0.25, 0.3) is 11.5 Å². The van der Waals surface area contributed by atoms with E-state index in [0.29, 0.717) is 35.3 Å². The zero-order valence-corrected chi connectivity index (χ0v) is 15.9. The lowest BCUT2D eigenvalue weighted by molar-refractivity contribution is -0.115. The first-order chi connectivity index (χ1) is 14.1. The van der Waals surface area contributed by atoms with Gasteiger partial charge in [-0.1, -0.05) is 34.0 Å². The molecule has 0 radical (unpaired) electrons. The number of aromatic nitrogens is 2. The van der Waals surface area contributed by atoms with E-state index in [9.17, 15) is 9.18 Å². The highest BCUT2D eigenvalue weighted by atomic mass is 35.5. The van der Waals surface area contributed by atoms with Gasteiger partial charge in [0.2, 0.25) is 0 Å². The van der Waals surface area contributed by atoms with Crippen molar-refractivity contribution in [2.45, 2.75) is 25.5 Å². The van der Waals surface area contributed by atoms with E-state index in [1.807, 2.05) is 0 Å². The van der Waals surface area contributed by atoms with E-state index in [2.05, 4.69) is 20.6 Å². The van der Waals surface area contributed by atoms with Crippen LogP contribution in [0.15, 0.2) is 58.2 Å². The van der Waals surface area contributed by atoms with Gasteiger partial charge in [-0.05, 0) is 42.0 Å². The molecule has 0 saturated heterocycles. The van der Waals surface area contributed by atoms with Gasteiger partial charge in [0, 0.05) is 23.6 Å². The maximum absolute atomic E-state index is 12.9. The number of carbonyl (C=O) groups is 1. The Morgan fingerprint density at radius 3 is 2.69 bits per heavy atom. The molecule has 3 aromatic rings. The Morgan fingerprint density at radius 1 is 1.17 bits per heavy atom. The van der Waals surface area contributed by atoms with Crippen LogP contribution in [-0.4, -0.2) is 27.9 Å². The van der Waals surface area contributed by atoms with Crippen molar-refractivity contribution in [3.8, 4) is 11.5 Å². The molecule has 0 saturated carbocycles. The second-order valence-electron chi connectivity index (χ2n) is 6.51. The third-order valence-corrected chi connectivity index (χ3v) is 4.58. The van der Waals surface area contributed by atoms with Crippen molar-refractivity contribution < 1.29 is 18.5 Å². The fourth-order valence-electron chi connectivity index (χ4n) is 2.81. The molecule has 0 unspecified atom stereocenters. The molecule has 29 heavy (non-hydrogen) atoms. The number of hydrogen-bond acceptors (Lipinski definition) is 6. The standard InChI is InChI=1S/C20H16ClFN4O3/c21-14-5-3-13(4-6-14)20-24-18(26-29-20)10-16-9-17(25-28-16)19(27)23-11-12-1-7-15(22)8-2-12/h1-8,16H,9-11H2,(H,23,27)/t16-/m0/s1. The Hall–Kier alpha value is -3.26. The molecule has 1 aliphatic heterocycles. The number of carbonyl (C=O) groups excluding carboxylic acids is 1. The number of halogens is 2. The van der Waals surface area contributed by atoms with Gasteiger partial charge in [-0.25, -0.2) is 4.39 Å². The molecule has 7 nitrogen and oxygen atoms in total. The van der Waals surface area contributed by atoms with E-state index in [4.69, 9.17) is 21.0 Å². The summed E-state index contributed by atoms with van der Waals surface area (Å²) in [6.45, 7) is 0.276. The summed E-state index contributed by atoms with van der Waals surface area (Å²) in [4.78, 5) is 21.9. The summed E-state index contributed by atoms with van der Waals surface area (Å²) in [5, 5.41) is 11.2. The quantitative estimate of drug-likeness (QED) is 0.666. The molecule has 1 aromatic heterocycles. The summed E-state index contributed by atoms with van der Waals surface area (Å²) in [5.74, 6) is 0.194. The van der Waals surface area contributed by atoms with Crippen LogP contribution in [0.3, 0.4) is 0 Å². The Kier molecular flexibility index (Phi) is 5.53. The number of hydrogen-bond donors (Lipinski definition) is 1. The second-order valence-corrected chi connectivity index (χ2v) is 6.94. The largest absolute Gasteiger partial charge is 0.391 e. The van der Waals surface area contributed by atoms with Crippen molar-refractivity contribution >= 4 is 23.2 Å². The van der Waals surface area contributed by atoms with Crippen LogP contribution in [0.4, 0.5) is 4.39 Å². The van der Waals surface area contributed by atoms with Gasteiger partial charge in [0.25, 0.3) is 11.8 Å². The average molecular weight is 415 g/mol. The normalized spacial score (nSPS) is 15.7. The van der Waals surface area contributed by atoms with Crippen LogP contribution < -0.4 is 5.32 Å². The first kappa shape index (κ1) is 19.1. The molecule has 1 atom stereocenters. The smallest absolute Gasteiger partial charge is 0.269 e. The maximum Gasteiger partial charge on any atom is 0.269 e. The summed E-state index contributed by atoms with van der Waals surface area (Å²) in [7, 11) is 0. The van der Waals surface area contributed by atoms with E-state index in [-0.39, 0.29) is 24.4 Å². The van der Waals surface area contributed by atoms with E-state index in [0.717, 1.165) is 11.1 Å². The van der Waals surface area contributed by atoms with Crippen LogP contribution in [0, 0.1) is 5.82 Å². The molecule has 9 heteroatoms. The molecule has 0 bridgehead atoms. The van der Waals surface area contributed by atoms with E-state index in [1.165, 1.54) is 12.1 Å². The molecule has 2 aromatic carbocycles. The van der Waals surface area contributed by atoms with Gasteiger partial charge < -0.3 is 14.7 Å². The topological polar surface area (TPSA) is 89.6 Å². The third kappa shape index (κ3) is 4.78. The van der Waals surface area contributed by atoms with Crippen LogP contribution in [0.1, 0.15) is 17.8 Å². The van der Waals surface area contributed by atoms with E-state index < -0.39 is 0 Å². The molecule has 148 valence electrons. The predicted molar refractivity (Wildman–Crippen MR) is 104 cm³/mol. The fraction of sp³-hybridized carbons (Fsp3) is 0.200. The molecule has 1 N–H and O–H groups in total. The number of oxime groups is 1. The van der Waals surface area contributed by atoms with Crippen molar-refractivity contribution in [3.63, 3.8) is 0 Å². The SMILES string of the molecule is O=C(NCc1ccc(F)cc1)C1=NO[C@H](Cc2noc(-c3ccc(Cl)cc3)n2)C1. The van der Waals surface area contributed by atoms with Crippen LogP contribution in [0.5, 0.6) is 0 Å². The molecular formula is C20H16ClFN4O3. The van der Waals surface area contributed by atoms with Gasteiger partial charge in [0.05, 0.1) is 6.42 Å². The van der Waals surface area contributed by atoms with Crippen molar-refractivity contribution in [2.24, 2.45) is 5.16 Å². The highest BCUT2D eigenvalue weighted by Gasteiger charge is 2.27. The summed E-state index contributed by atoms with van der Waals surface area (Å²) < 4.78 is 18.2. The van der Waals surface area contributed by atoms with Gasteiger partial charge in [-0.2, -0.15) is 4.98 Å². The summed E-state index contributed by atoms with van der Waals surface area (Å²) in [6.07, 6.45) is 0.340. The molecule has 1 aliphatic rings. The van der Waals surface area contributed by atoms with E-state index >= 15 is 0 Å². The Bertz CT molecular complexity index is 1030. The number of nitrogens with zero attached hydrogens (tertiary/aromatic N) is 3. The first-order valence-corrected chi connectivity index (χ1v) is 9.28. The monoisotopic (exact) mass is 414 g/mol. The van der Waals surface area contributed by atoms with Crippen molar-refractivity contribution in [1.82, 2.24) is 15.5 Å². The van der Waals surface area contributed by atoms with Gasteiger partial charge in [0.15, 0.2) is 5.82 Å². The summed E-state index contributed by atoms with van der Waals surface area (Å²) in [6, 6.07) is 13.0. The van der Waals surface area contributed by atoms with Gasteiger partial charge in [-0.15, -0.1) is 0 Å². The van der Waals surface area contributed by atoms with Crippen LogP contribution in [0.2, 0.25) is 5.02 Å². The van der Waals surface area contributed by atoms with Crippen molar-refractivity contribution in [2.75, 3.05) is 0 Å². The highest BCUT2D eigenvalue weighted by molar-refractivity contribution is 6.39. The zero-order chi connectivity index (χ0) is 20.2. The number of benzene rings is 2. The van der Waals surface area contributed by atoms with Crippen molar-refractivity contribution in [1.29, 1.82) is 0 Å². The first-order valence-electron chi connectivity index (χ1n) is 8.90. The minimum absolute atomic E-state index is 0.276. The Morgan fingerprint density at radius 2 is 1.93 bits per heavy atom. The Balaban J connectivity index is 1.29. The molecule has 0 fully saturated rings. The fourth-order valence-corrected chi connectivity index (χ4v) is 2.93. The minimum atomic E-state index is -0.350. The lowest BCUT2D eigenvalue weighted by atomic mass is 10.1. The second kappa shape index (κ2) is 8.40. The number of amides is 1. The molecule has 0 aliphatic carbocycles. The third-order valence-electron chi connectivity index (χ3n) is 4.33. The molecule has 0 spiro atoms. The maximum atomic E-state index is 12.9. The molecule has 4 rings (SSSR count). The lowest BCUT2D eigenvalue weighted by Gasteiger charge is -2.05. The molecule has 1 amide bonds. The van der Waals surface area contributed by atoms with Gasteiger partial charge >= 0.3 is 0 Å². The van der Waals surface area contributed by atoms with Crippen molar-refractivity contribution in [3.05, 3.63) is 70.8 Å². The minimum Gasteiger partial charge on any atom is -0.391 e. The summed E-state index contributed by atoms with van der Waals surface area (Å²) in [5.41, 5.74) is 1.84. The summed E-state index contributed by atoms with van der Waals surface area (Å²) >= 11 is 5.88. The number of rotatable bonds is 6. The van der Waals surface area contributed by atoms with Gasteiger partial charge in [0.1, 0.15) is 17.6 Å². The van der Waals surface area contributed by atoms with Crippen LogP contribution in [-0.2, 0) is 22.6 Å². The van der Waals surface area contributed by atoms with Gasteiger partial charge in [-0.3, -0.25) is 4.79 Å². The van der Waals surface area contributed by atoms with E-state index in [1.54, 1.807) is 36.4 Å². The zero-order valence-electron chi connectivity index (χ0n) is 15.1. The van der Waals surface area contributed by atoms with Crippen LogP contribution >= 0.6 is 11.6 Å². The lowest BCUT2D eigenvalue weighted by Crippen LogP contribution is -2.30. The molecular weight excluding hydrogens is 399 g/mol. The molecule has 2 heterocycles. The highest BCUT2D eigenvalue weighted by Crippen LogP contribution is 2.21. The average Bonchev–Trinajstić information content (AvgIpc) is 3.38. The number of nitrogens with one attached hydrogen (secondary N) is 1.